The Bertz CT molecular complexity index is 491. The highest BCUT2D eigenvalue weighted by Crippen LogP contribution is 2.27. The first-order chi connectivity index (χ1) is 9.65. The highest BCUT2D eigenvalue weighted by atomic mass is 19.1. The van der Waals surface area contributed by atoms with Crippen molar-refractivity contribution in [2.45, 2.75) is 18.9 Å². The van der Waals surface area contributed by atoms with Crippen LogP contribution in [0.15, 0.2) is 18.2 Å². The first-order valence-corrected chi connectivity index (χ1v) is 6.89. The zero-order valence-corrected chi connectivity index (χ0v) is 11.1. The molecule has 0 aromatic heterocycles. The highest BCUT2D eigenvalue weighted by molar-refractivity contribution is 5.89. The fraction of sp³-hybridized carbons (Fsp3) is 0.500. The molecule has 1 aliphatic carbocycles. The van der Waals surface area contributed by atoms with Crippen molar-refractivity contribution < 1.29 is 13.6 Å². The van der Waals surface area contributed by atoms with E-state index < -0.39 is 17.7 Å². The normalized spacial score (nSPS) is 20.0. The zero-order valence-electron chi connectivity index (χ0n) is 11.1. The van der Waals surface area contributed by atoms with Gasteiger partial charge >= 0.3 is 6.03 Å². The van der Waals surface area contributed by atoms with Gasteiger partial charge in [0.1, 0.15) is 17.3 Å². The van der Waals surface area contributed by atoms with Gasteiger partial charge < -0.3 is 10.2 Å². The smallest absolute Gasteiger partial charge is 0.322 e. The Kier molecular flexibility index (Phi) is 3.56. The minimum absolute atomic E-state index is 0.373. The maximum Gasteiger partial charge on any atom is 0.322 e. The molecule has 1 aromatic rings. The number of para-hydroxylation sites is 1. The molecule has 0 unspecified atom stereocenters. The molecule has 3 rings (SSSR count). The second-order valence-corrected chi connectivity index (χ2v) is 5.28. The van der Waals surface area contributed by atoms with Gasteiger partial charge in [-0.15, -0.1) is 0 Å². The Morgan fingerprint density at radius 3 is 2.25 bits per heavy atom. The van der Waals surface area contributed by atoms with Crippen LogP contribution in [-0.2, 0) is 0 Å². The van der Waals surface area contributed by atoms with Crippen molar-refractivity contribution in [2.24, 2.45) is 0 Å². The maximum atomic E-state index is 13.5. The van der Waals surface area contributed by atoms with Gasteiger partial charge in [-0.3, -0.25) is 4.90 Å². The van der Waals surface area contributed by atoms with Gasteiger partial charge in [-0.25, -0.2) is 13.6 Å². The van der Waals surface area contributed by atoms with Crippen molar-refractivity contribution in [3.8, 4) is 0 Å². The predicted octanol–water partition coefficient (Wildman–Crippen LogP) is 2.28. The highest BCUT2D eigenvalue weighted by Gasteiger charge is 2.32. The number of hydrogen-bond acceptors (Lipinski definition) is 2. The summed E-state index contributed by atoms with van der Waals surface area (Å²) < 4.78 is 26.9. The second-order valence-electron chi connectivity index (χ2n) is 5.28. The minimum Gasteiger partial charge on any atom is -0.322 e. The molecule has 1 saturated carbocycles. The molecule has 2 aliphatic rings. The van der Waals surface area contributed by atoms with E-state index in [1.165, 1.54) is 18.9 Å². The van der Waals surface area contributed by atoms with Crippen molar-refractivity contribution >= 4 is 11.7 Å². The molecule has 0 radical (unpaired) electrons. The molecule has 108 valence electrons. The number of amides is 2. The van der Waals surface area contributed by atoms with Crippen LogP contribution in [0.4, 0.5) is 19.3 Å². The third-order valence-corrected chi connectivity index (χ3v) is 3.86. The zero-order chi connectivity index (χ0) is 14.1. The summed E-state index contributed by atoms with van der Waals surface area (Å²) in [6, 6.07) is 3.77. The third kappa shape index (κ3) is 2.75. The largest absolute Gasteiger partial charge is 0.322 e. The number of carbonyl (C=O) groups is 1. The van der Waals surface area contributed by atoms with Crippen LogP contribution < -0.4 is 5.32 Å². The van der Waals surface area contributed by atoms with E-state index in [2.05, 4.69) is 10.2 Å². The summed E-state index contributed by atoms with van der Waals surface area (Å²) in [5.41, 5.74) is -0.373. The number of nitrogens with one attached hydrogen (secondary N) is 1. The average molecular weight is 281 g/mol. The first kappa shape index (κ1) is 13.3. The fourth-order valence-electron chi connectivity index (χ4n) is 2.53. The number of urea groups is 1. The van der Waals surface area contributed by atoms with Gasteiger partial charge in [-0.05, 0) is 25.0 Å². The van der Waals surface area contributed by atoms with Crippen LogP contribution in [0, 0.1) is 11.6 Å². The number of hydrogen-bond donors (Lipinski definition) is 1. The molecule has 0 spiro atoms. The summed E-state index contributed by atoms with van der Waals surface area (Å²) in [6.07, 6.45) is 2.49. The third-order valence-electron chi connectivity index (χ3n) is 3.86. The van der Waals surface area contributed by atoms with Gasteiger partial charge in [0.2, 0.25) is 0 Å². The van der Waals surface area contributed by atoms with E-state index in [4.69, 9.17) is 0 Å². The molecule has 1 N–H and O–H groups in total. The van der Waals surface area contributed by atoms with Gasteiger partial charge in [0, 0.05) is 32.2 Å². The SMILES string of the molecule is O=C(Nc1c(F)cccc1F)N1CCN(C2CC2)CC1. The molecule has 0 bridgehead atoms. The summed E-state index contributed by atoms with van der Waals surface area (Å²) in [5, 5.41) is 2.33. The fourth-order valence-corrected chi connectivity index (χ4v) is 2.53. The van der Waals surface area contributed by atoms with Crippen molar-refractivity contribution in [3.63, 3.8) is 0 Å². The second kappa shape index (κ2) is 5.36. The lowest BCUT2D eigenvalue weighted by Gasteiger charge is -2.34. The predicted molar refractivity (Wildman–Crippen MR) is 71.5 cm³/mol. The van der Waals surface area contributed by atoms with Crippen molar-refractivity contribution in [3.05, 3.63) is 29.8 Å². The number of nitrogens with zero attached hydrogens (tertiary/aromatic N) is 2. The van der Waals surface area contributed by atoms with Crippen molar-refractivity contribution in [1.29, 1.82) is 0 Å². The number of halogens is 2. The standard InChI is InChI=1S/C14H17F2N3O/c15-11-2-1-3-12(16)13(11)17-14(20)19-8-6-18(7-9-19)10-4-5-10/h1-3,10H,4-9H2,(H,17,20). The maximum absolute atomic E-state index is 13.5. The number of benzene rings is 1. The van der Waals surface area contributed by atoms with Gasteiger partial charge in [-0.1, -0.05) is 6.07 Å². The summed E-state index contributed by atoms with van der Waals surface area (Å²) in [7, 11) is 0. The molecule has 2 fully saturated rings. The molecule has 1 aliphatic heterocycles. The van der Waals surface area contributed by atoms with E-state index in [1.807, 2.05) is 0 Å². The lowest BCUT2D eigenvalue weighted by Crippen LogP contribution is -2.50. The van der Waals surface area contributed by atoms with Crippen LogP contribution in [0.3, 0.4) is 0 Å². The van der Waals surface area contributed by atoms with Gasteiger partial charge in [-0.2, -0.15) is 0 Å². The molecule has 1 saturated heterocycles. The first-order valence-electron chi connectivity index (χ1n) is 6.89. The number of piperazine rings is 1. The van der Waals surface area contributed by atoms with Crippen molar-refractivity contribution in [1.82, 2.24) is 9.80 Å². The average Bonchev–Trinajstić information content (AvgIpc) is 3.28. The van der Waals surface area contributed by atoms with Crippen LogP contribution in [-0.4, -0.2) is 48.1 Å². The molecular weight excluding hydrogens is 264 g/mol. The van der Waals surface area contributed by atoms with E-state index in [-0.39, 0.29) is 5.69 Å². The summed E-state index contributed by atoms with van der Waals surface area (Å²) in [4.78, 5) is 16.0. The monoisotopic (exact) mass is 281 g/mol. The van der Waals surface area contributed by atoms with Gasteiger partial charge in [0.15, 0.2) is 0 Å². The van der Waals surface area contributed by atoms with Gasteiger partial charge in [0.25, 0.3) is 0 Å². The quantitative estimate of drug-likeness (QED) is 0.902. The Balaban J connectivity index is 1.59. The molecule has 0 atom stereocenters. The van der Waals surface area contributed by atoms with Crippen molar-refractivity contribution in [2.75, 3.05) is 31.5 Å². The number of carbonyl (C=O) groups excluding carboxylic acids is 1. The van der Waals surface area contributed by atoms with E-state index >= 15 is 0 Å². The number of anilines is 1. The summed E-state index contributed by atoms with van der Waals surface area (Å²) in [5.74, 6) is -1.51. The molecule has 1 heterocycles. The lowest BCUT2D eigenvalue weighted by atomic mass is 10.3. The van der Waals surface area contributed by atoms with Crippen LogP contribution in [0.25, 0.3) is 0 Å². The Morgan fingerprint density at radius 1 is 1.10 bits per heavy atom. The van der Waals surface area contributed by atoms with Crippen LogP contribution >= 0.6 is 0 Å². The number of rotatable bonds is 2. The molecular formula is C14H17F2N3O. The Hall–Kier alpha value is -1.69. The van der Waals surface area contributed by atoms with E-state index in [0.717, 1.165) is 25.2 Å². The van der Waals surface area contributed by atoms with Crippen LogP contribution in [0.5, 0.6) is 0 Å². The molecule has 6 heteroatoms. The van der Waals surface area contributed by atoms with Gasteiger partial charge in [0.05, 0.1) is 0 Å². The van der Waals surface area contributed by atoms with E-state index in [0.29, 0.717) is 19.1 Å². The van der Waals surface area contributed by atoms with E-state index in [1.54, 1.807) is 4.90 Å². The summed E-state index contributed by atoms with van der Waals surface area (Å²) >= 11 is 0. The molecule has 4 nitrogen and oxygen atoms in total. The minimum atomic E-state index is -0.755. The lowest BCUT2D eigenvalue weighted by molar-refractivity contribution is 0.142. The summed E-state index contributed by atoms with van der Waals surface area (Å²) in [6.45, 7) is 2.85. The molecule has 1 aromatic carbocycles. The van der Waals surface area contributed by atoms with Crippen LogP contribution in [0.1, 0.15) is 12.8 Å². The Labute approximate surface area is 116 Å². The van der Waals surface area contributed by atoms with Crippen LogP contribution in [0.2, 0.25) is 0 Å². The molecule has 20 heavy (non-hydrogen) atoms. The topological polar surface area (TPSA) is 35.6 Å². The Morgan fingerprint density at radius 2 is 1.70 bits per heavy atom. The molecule has 2 amide bonds. The van der Waals surface area contributed by atoms with E-state index in [9.17, 15) is 13.6 Å².